The number of aromatic hydroxyl groups is 1. The lowest BCUT2D eigenvalue weighted by Gasteiger charge is -2.13. The van der Waals surface area contributed by atoms with E-state index in [9.17, 15) is 13.9 Å². The van der Waals surface area contributed by atoms with Crippen molar-refractivity contribution in [2.24, 2.45) is 4.99 Å². The highest BCUT2D eigenvalue weighted by Gasteiger charge is 2.27. The fourth-order valence-corrected chi connectivity index (χ4v) is 3.55. The molecule has 22 heavy (non-hydrogen) atoms. The summed E-state index contributed by atoms with van der Waals surface area (Å²) in [5, 5.41) is 16.7. The first-order valence-electron chi connectivity index (χ1n) is 6.57. The summed E-state index contributed by atoms with van der Waals surface area (Å²) in [4.78, 5) is 8.54. The van der Waals surface area contributed by atoms with Gasteiger partial charge in [0.25, 0.3) is 0 Å². The van der Waals surface area contributed by atoms with Crippen molar-refractivity contribution < 1.29 is 13.9 Å². The first-order valence-corrected chi connectivity index (χ1v) is 7.51. The molecular formula is C14H10F2N4OS. The van der Waals surface area contributed by atoms with Gasteiger partial charge in [0.15, 0.2) is 17.2 Å². The van der Waals surface area contributed by atoms with E-state index in [1.54, 1.807) is 12.5 Å². The molecule has 0 spiro atoms. The summed E-state index contributed by atoms with van der Waals surface area (Å²) in [6.07, 6.45) is 0. The van der Waals surface area contributed by atoms with Gasteiger partial charge in [-0.3, -0.25) is 10.1 Å². The van der Waals surface area contributed by atoms with Gasteiger partial charge in [-0.25, -0.2) is 13.8 Å². The zero-order valence-electron chi connectivity index (χ0n) is 11.4. The fourth-order valence-electron chi connectivity index (χ4n) is 2.76. The summed E-state index contributed by atoms with van der Waals surface area (Å²) in [6.45, 7) is 2.13. The normalized spacial score (nSPS) is 17.9. The second-order valence-corrected chi connectivity index (χ2v) is 6.12. The molecule has 0 aliphatic carbocycles. The summed E-state index contributed by atoms with van der Waals surface area (Å²) in [7, 11) is 0. The monoisotopic (exact) mass is 320 g/mol. The van der Waals surface area contributed by atoms with Crippen molar-refractivity contribution in [3.63, 3.8) is 0 Å². The van der Waals surface area contributed by atoms with Crippen LogP contribution in [0.2, 0.25) is 0 Å². The smallest absolute Gasteiger partial charge is 0.173 e. The molecule has 1 unspecified atom stereocenters. The molecule has 1 atom stereocenters. The van der Waals surface area contributed by atoms with Crippen LogP contribution in [0.1, 0.15) is 16.6 Å². The minimum atomic E-state index is -0.863. The number of hydrogen-bond donors (Lipinski definition) is 2. The Bertz CT molecular complexity index is 945. The topological polar surface area (TPSA) is 74.2 Å². The van der Waals surface area contributed by atoms with Crippen LogP contribution < -0.4 is 0 Å². The van der Waals surface area contributed by atoms with Gasteiger partial charge in [-0.1, -0.05) is 0 Å². The average Bonchev–Trinajstić information content (AvgIpc) is 3.13. The van der Waals surface area contributed by atoms with Crippen LogP contribution in [0.5, 0.6) is 5.75 Å². The number of phenolic OH excluding ortho intramolecular Hbond substituents is 1. The Balaban J connectivity index is 2.22. The Morgan fingerprint density at radius 2 is 2.14 bits per heavy atom. The van der Waals surface area contributed by atoms with Gasteiger partial charge in [-0.15, -0.1) is 11.8 Å². The van der Waals surface area contributed by atoms with E-state index in [0.29, 0.717) is 29.0 Å². The van der Waals surface area contributed by atoms with E-state index in [-0.39, 0.29) is 16.0 Å². The molecule has 2 aromatic heterocycles. The number of nitrogens with zero attached hydrogens (tertiary/aromatic N) is 3. The molecule has 0 amide bonds. The molecule has 8 heteroatoms. The van der Waals surface area contributed by atoms with Crippen molar-refractivity contribution in [1.82, 2.24) is 15.2 Å². The predicted molar refractivity (Wildman–Crippen MR) is 81.4 cm³/mol. The third-order valence-electron chi connectivity index (χ3n) is 3.74. The van der Waals surface area contributed by atoms with Crippen LogP contribution in [-0.4, -0.2) is 32.4 Å². The van der Waals surface area contributed by atoms with Crippen LogP contribution in [0, 0.1) is 18.6 Å². The van der Waals surface area contributed by atoms with Crippen molar-refractivity contribution in [3.05, 3.63) is 29.1 Å². The lowest BCUT2D eigenvalue weighted by atomic mass is 10.0. The molecule has 0 radical (unpaired) electrons. The molecule has 0 saturated carbocycles. The first-order chi connectivity index (χ1) is 10.6. The summed E-state index contributed by atoms with van der Waals surface area (Å²) in [6, 6.07) is 0.782. The SMILES string of the molecule is Cc1n[nH]c2nc(C3CN=CS3)c3c(F)cc(O)c(F)c3c12. The molecule has 0 bridgehead atoms. The van der Waals surface area contributed by atoms with Crippen molar-refractivity contribution in [2.45, 2.75) is 12.2 Å². The highest BCUT2D eigenvalue weighted by Crippen LogP contribution is 2.41. The maximum atomic E-state index is 14.5. The largest absolute Gasteiger partial charge is 0.505 e. The average molecular weight is 320 g/mol. The van der Waals surface area contributed by atoms with Crippen molar-refractivity contribution in [3.8, 4) is 5.75 Å². The Hall–Kier alpha value is -2.22. The number of halogens is 2. The second-order valence-electron chi connectivity index (χ2n) is 5.07. The summed E-state index contributed by atoms with van der Waals surface area (Å²) < 4.78 is 29.0. The third-order valence-corrected chi connectivity index (χ3v) is 4.71. The number of nitrogens with one attached hydrogen (secondary N) is 1. The number of phenols is 1. The first kappa shape index (κ1) is 13.4. The number of aliphatic imine (C=N–C) groups is 1. The van der Waals surface area contributed by atoms with Crippen LogP contribution >= 0.6 is 11.8 Å². The third kappa shape index (κ3) is 1.73. The Labute approximate surface area is 127 Å². The van der Waals surface area contributed by atoms with Gasteiger partial charge in [0.2, 0.25) is 0 Å². The van der Waals surface area contributed by atoms with Crippen LogP contribution in [0.15, 0.2) is 11.1 Å². The predicted octanol–water partition coefficient (Wildman–Crippen LogP) is 3.22. The van der Waals surface area contributed by atoms with Crippen molar-refractivity contribution >= 4 is 39.1 Å². The van der Waals surface area contributed by atoms with E-state index < -0.39 is 17.4 Å². The van der Waals surface area contributed by atoms with E-state index in [0.717, 1.165) is 6.07 Å². The Kier molecular flexibility index (Phi) is 2.83. The molecule has 1 aliphatic rings. The number of hydrogen-bond acceptors (Lipinski definition) is 5. The summed E-state index contributed by atoms with van der Waals surface area (Å²) in [5.41, 5.74) is 2.95. The number of pyridine rings is 1. The number of H-pyrrole nitrogens is 1. The molecule has 3 heterocycles. The maximum absolute atomic E-state index is 14.5. The van der Waals surface area contributed by atoms with Crippen molar-refractivity contribution in [2.75, 3.05) is 6.54 Å². The number of benzene rings is 1. The molecule has 2 N–H and O–H groups in total. The van der Waals surface area contributed by atoms with Gasteiger partial charge < -0.3 is 5.11 Å². The van der Waals surface area contributed by atoms with Gasteiger partial charge in [0.1, 0.15) is 5.82 Å². The van der Waals surface area contributed by atoms with E-state index in [1.807, 2.05) is 0 Å². The maximum Gasteiger partial charge on any atom is 0.173 e. The van der Waals surface area contributed by atoms with Crippen LogP contribution in [0.25, 0.3) is 21.8 Å². The number of rotatable bonds is 1. The van der Waals surface area contributed by atoms with Crippen LogP contribution in [0.4, 0.5) is 8.78 Å². The standard InChI is InChI=1S/C14H10F2N4OS/c1-5-9-11-10(6(15)2-7(21)12(11)16)13(8-3-17-4-22-8)18-14(9)20-19-5/h2,4,8,21H,3H2,1H3,(H,18,19,20). The highest BCUT2D eigenvalue weighted by atomic mass is 32.2. The Morgan fingerprint density at radius 1 is 1.32 bits per heavy atom. The van der Waals surface area contributed by atoms with Gasteiger partial charge >= 0.3 is 0 Å². The molecule has 0 fully saturated rings. The lowest BCUT2D eigenvalue weighted by molar-refractivity contribution is 0.431. The molecule has 1 aliphatic heterocycles. The molecule has 0 saturated heterocycles. The lowest BCUT2D eigenvalue weighted by Crippen LogP contribution is -2.03. The molecular weight excluding hydrogens is 310 g/mol. The number of thioether (sulfide) groups is 1. The number of fused-ring (bicyclic) bond motifs is 3. The van der Waals surface area contributed by atoms with Crippen LogP contribution in [-0.2, 0) is 0 Å². The summed E-state index contributed by atoms with van der Waals surface area (Å²) in [5.74, 6) is -2.29. The van der Waals surface area contributed by atoms with Gasteiger partial charge in [-0.05, 0) is 6.92 Å². The molecule has 3 aromatic rings. The zero-order chi connectivity index (χ0) is 15.4. The number of aromatic amines is 1. The molecule has 112 valence electrons. The van der Waals surface area contributed by atoms with Gasteiger partial charge in [0, 0.05) is 16.8 Å². The fraction of sp³-hybridized carbons (Fsp3) is 0.214. The molecule has 4 rings (SSSR count). The summed E-state index contributed by atoms with van der Waals surface area (Å²) >= 11 is 1.40. The number of aromatic nitrogens is 3. The molecule has 1 aromatic carbocycles. The highest BCUT2D eigenvalue weighted by molar-refractivity contribution is 8.12. The van der Waals surface area contributed by atoms with E-state index >= 15 is 0 Å². The van der Waals surface area contributed by atoms with Crippen LogP contribution in [0.3, 0.4) is 0 Å². The quantitative estimate of drug-likeness (QED) is 0.722. The van der Waals surface area contributed by atoms with E-state index in [2.05, 4.69) is 20.2 Å². The Morgan fingerprint density at radius 3 is 2.86 bits per heavy atom. The van der Waals surface area contributed by atoms with Gasteiger partial charge in [0.05, 0.1) is 34.1 Å². The number of aryl methyl sites for hydroxylation is 1. The van der Waals surface area contributed by atoms with Gasteiger partial charge in [-0.2, -0.15) is 5.10 Å². The minimum Gasteiger partial charge on any atom is -0.505 e. The van der Waals surface area contributed by atoms with E-state index in [4.69, 9.17) is 0 Å². The van der Waals surface area contributed by atoms with E-state index in [1.165, 1.54) is 11.8 Å². The minimum absolute atomic E-state index is 0.0104. The molecule has 5 nitrogen and oxygen atoms in total. The van der Waals surface area contributed by atoms with Crippen molar-refractivity contribution in [1.29, 1.82) is 0 Å². The zero-order valence-corrected chi connectivity index (χ0v) is 12.2. The second kappa shape index (κ2) is 4.64.